The van der Waals surface area contributed by atoms with Crippen LogP contribution >= 0.6 is 0 Å². The molecule has 1 saturated heterocycles. The zero-order valence-electron chi connectivity index (χ0n) is 18.6. The SMILES string of the molecule is COC(=O)[C@@H]1CC[C@@H]2CC=C[C@](Cc3ccccc3)(NC(=O)OCc3ccccc3)C(=O)N21. The van der Waals surface area contributed by atoms with Crippen LogP contribution in [0.3, 0.4) is 0 Å². The van der Waals surface area contributed by atoms with Crippen molar-refractivity contribution in [2.45, 2.75) is 49.9 Å². The Morgan fingerprint density at radius 3 is 2.36 bits per heavy atom. The molecule has 7 nitrogen and oxygen atoms in total. The van der Waals surface area contributed by atoms with Crippen molar-refractivity contribution in [2.75, 3.05) is 7.11 Å². The van der Waals surface area contributed by atoms with E-state index in [0.29, 0.717) is 19.3 Å². The Balaban J connectivity index is 1.62. The summed E-state index contributed by atoms with van der Waals surface area (Å²) in [5.74, 6) is -0.761. The fraction of sp³-hybridized carbons (Fsp3) is 0.346. The minimum Gasteiger partial charge on any atom is -0.467 e. The number of carbonyl (C=O) groups excluding carboxylic acids is 3. The number of fused-ring (bicyclic) bond motifs is 1. The predicted octanol–water partition coefficient (Wildman–Crippen LogP) is 3.39. The van der Waals surface area contributed by atoms with Crippen molar-refractivity contribution in [1.82, 2.24) is 10.2 Å². The van der Waals surface area contributed by atoms with Gasteiger partial charge in [-0.3, -0.25) is 4.79 Å². The lowest BCUT2D eigenvalue weighted by Crippen LogP contribution is -2.62. The molecule has 2 aromatic rings. The highest BCUT2D eigenvalue weighted by Crippen LogP contribution is 2.34. The molecule has 0 saturated carbocycles. The fourth-order valence-electron chi connectivity index (χ4n) is 4.65. The molecule has 2 aromatic carbocycles. The molecule has 0 radical (unpaired) electrons. The summed E-state index contributed by atoms with van der Waals surface area (Å²) in [5.41, 5.74) is 0.351. The highest BCUT2D eigenvalue weighted by molar-refractivity contribution is 5.96. The number of benzene rings is 2. The molecule has 4 rings (SSSR count). The number of alkyl carbamates (subject to hydrolysis) is 1. The van der Waals surface area contributed by atoms with E-state index in [1.54, 1.807) is 11.0 Å². The van der Waals surface area contributed by atoms with E-state index in [1.807, 2.05) is 66.7 Å². The third kappa shape index (κ3) is 4.92. The van der Waals surface area contributed by atoms with Crippen molar-refractivity contribution in [2.24, 2.45) is 0 Å². The summed E-state index contributed by atoms with van der Waals surface area (Å²) in [6, 6.07) is 18.0. The van der Waals surface area contributed by atoms with Crippen molar-refractivity contribution in [3.8, 4) is 0 Å². The van der Waals surface area contributed by atoms with E-state index in [1.165, 1.54) is 7.11 Å². The first-order valence-corrected chi connectivity index (χ1v) is 11.1. The van der Waals surface area contributed by atoms with Crippen LogP contribution < -0.4 is 5.32 Å². The molecule has 2 amide bonds. The maximum absolute atomic E-state index is 14.0. The second-order valence-electron chi connectivity index (χ2n) is 8.44. The van der Waals surface area contributed by atoms with E-state index in [0.717, 1.165) is 11.1 Å². The average molecular weight is 449 g/mol. The van der Waals surface area contributed by atoms with E-state index in [4.69, 9.17) is 9.47 Å². The second-order valence-corrected chi connectivity index (χ2v) is 8.44. The quantitative estimate of drug-likeness (QED) is 0.541. The lowest BCUT2D eigenvalue weighted by atomic mass is 9.88. The van der Waals surface area contributed by atoms with Gasteiger partial charge in [0.25, 0.3) is 5.91 Å². The van der Waals surface area contributed by atoms with Gasteiger partial charge in [0, 0.05) is 12.5 Å². The third-order valence-corrected chi connectivity index (χ3v) is 6.27. The van der Waals surface area contributed by atoms with Gasteiger partial charge < -0.3 is 19.7 Å². The van der Waals surface area contributed by atoms with Gasteiger partial charge in [-0.05, 0) is 30.4 Å². The molecule has 0 unspecified atom stereocenters. The first-order chi connectivity index (χ1) is 16.0. The van der Waals surface area contributed by atoms with Crippen LogP contribution in [-0.4, -0.2) is 47.6 Å². The van der Waals surface area contributed by atoms with Gasteiger partial charge in [0.2, 0.25) is 0 Å². The van der Waals surface area contributed by atoms with Crippen LogP contribution in [0.5, 0.6) is 0 Å². The van der Waals surface area contributed by atoms with Crippen LogP contribution in [0.2, 0.25) is 0 Å². The smallest absolute Gasteiger partial charge is 0.408 e. The molecular weight excluding hydrogens is 420 g/mol. The summed E-state index contributed by atoms with van der Waals surface area (Å²) in [5, 5.41) is 2.84. The minimum absolute atomic E-state index is 0.0864. The number of methoxy groups -OCH3 is 1. The molecule has 1 fully saturated rings. The third-order valence-electron chi connectivity index (χ3n) is 6.27. The van der Waals surface area contributed by atoms with Gasteiger partial charge in [-0.25, -0.2) is 9.59 Å². The minimum atomic E-state index is -1.37. The molecule has 0 aromatic heterocycles. The number of amides is 2. The first-order valence-electron chi connectivity index (χ1n) is 11.1. The summed E-state index contributed by atoms with van der Waals surface area (Å²) in [4.78, 5) is 40.9. The lowest BCUT2D eigenvalue weighted by Gasteiger charge is -2.36. The zero-order valence-corrected chi connectivity index (χ0v) is 18.6. The molecule has 0 aliphatic carbocycles. The van der Waals surface area contributed by atoms with E-state index in [2.05, 4.69) is 5.32 Å². The maximum atomic E-state index is 14.0. The molecule has 2 aliphatic heterocycles. The van der Waals surface area contributed by atoms with Crippen molar-refractivity contribution < 1.29 is 23.9 Å². The number of hydrogen-bond donors (Lipinski definition) is 1. The molecule has 33 heavy (non-hydrogen) atoms. The standard InChI is InChI=1S/C26H28N2O5/c1-32-23(29)22-15-14-21-13-8-16-26(24(30)28(21)22,17-19-9-4-2-5-10-19)27-25(31)33-18-20-11-6-3-7-12-20/h2-12,16,21-22H,13-15,17-18H2,1H3,(H,27,31)/t21-,22-,26+/m0/s1. The van der Waals surface area contributed by atoms with Crippen LogP contribution in [-0.2, 0) is 32.1 Å². The van der Waals surface area contributed by atoms with Crippen LogP contribution in [0, 0.1) is 0 Å². The summed E-state index contributed by atoms with van der Waals surface area (Å²) >= 11 is 0. The largest absolute Gasteiger partial charge is 0.467 e. The summed E-state index contributed by atoms with van der Waals surface area (Å²) in [6.07, 6.45) is 5.06. The predicted molar refractivity (Wildman–Crippen MR) is 122 cm³/mol. The molecule has 7 heteroatoms. The molecule has 172 valence electrons. The van der Waals surface area contributed by atoms with Crippen molar-refractivity contribution in [3.63, 3.8) is 0 Å². The van der Waals surface area contributed by atoms with Gasteiger partial charge in [-0.2, -0.15) is 0 Å². The van der Waals surface area contributed by atoms with E-state index in [-0.39, 0.29) is 25.0 Å². The van der Waals surface area contributed by atoms with Crippen molar-refractivity contribution in [1.29, 1.82) is 0 Å². The Bertz CT molecular complexity index is 1020. The Labute approximate surface area is 193 Å². The van der Waals surface area contributed by atoms with E-state index in [9.17, 15) is 14.4 Å². The van der Waals surface area contributed by atoms with Gasteiger partial charge in [0.15, 0.2) is 0 Å². The van der Waals surface area contributed by atoms with Gasteiger partial charge in [-0.15, -0.1) is 0 Å². The van der Waals surface area contributed by atoms with Gasteiger partial charge in [0.05, 0.1) is 7.11 Å². The Kier molecular flexibility index (Phi) is 6.77. The normalized spacial score (nSPS) is 24.0. The summed E-state index contributed by atoms with van der Waals surface area (Å²) in [6.45, 7) is 0.0864. The van der Waals surface area contributed by atoms with E-state index < -0.39 is 23.6 Å². The van der Waals surface area contributed by atoms with Gasteiger partial charge in [0.1, 0.15) is 18.2 Å². The first kappa shape index (κ1) is 22.6. The number of nitrogens with zero attached hydrogens (tertiary/aromatic N) is 1. The maximum Gasteiger partial charge on any atom is 0.408 e. The van der Waals surface area contributed by atoms with Crippen LogP contribution in [0.4, 0.5) is 4.79 Å². The monoisotopic (exact) mass is 448 g/mol. The fourth-order valence-corrected chi connectivity index (χ4v) is 4.65. The number of rotatable bonds is 6. The molecule has 1 N–H and O–H groups in total. The molecule has 0 bridgehead atoms. The molecule has 0 spiro atoms. The van der Waals surface area contributed by atoms with Crippen molar-refractivity contribution in [3.05, 3.63) is 83.9 Å². The number of carbonyl (C=O) groups is 3. The van der Waals surface area contributed by atoms with E-state index >= 15 is 0 Å². The average Bonchev–Trinajstić information content (AvgIpc) is 3.21. The van der Waals surface area contributed by atoms with Crippen LogP contribution in [0.15, 0.2) is 72.8 Å². The number of ether oxygens (including phenoxy) is 2. The summed E-state index contributed by atoms with van der Waals surface area (Å²) < 4.78 is 10.4. The highest BCUT2D eigenvalue weighted by atomic mass is 16.5. The highest BCUT2D eigenvalue weighted by Gasteiger charge is 2.50. The topological polar surface area (TPSA) is 84.9 Å². The number of hydrogen-bond acceptors (Lipinski definition) is 5. The lowest BCUT2D eigenvalue weighted by molar-refractivity contribution is -0.153. The Morgan fingerprint density at radius 2 is 1.70 bits per heavy atom. The molecule has 2 heterocycles. The second kappa shape index (κ2) is 9.90. The van der Waals surface area contributed by atoms with Crippen molar-refractivity contribution >= 4 is 18.0 Å². The van der Waals surface area contributed by atoms with Crippen LogP contribution in [0.1, 0.15) is 30.4 Å². The summed E-state index contributed by atoms with van der Waals surface area (Å²) in [7, 11) is 1.33. The molecule has 2 aliphatic rings. The zero-order chi connectivity index (χ0) is 23.3. The number of esters is 1. The van der Waals surface area contributed by atoms with Crippen LogP contribution in [0.25, 0.3) is 0 Å². The molecular formula is C26H28N2O5. The molecule has 3 atom stereocenters. The number of nitrogens with one attached hydrogen (secondary N) is 1. The van der Waals surface area contributed by atoms with Gasteiger partial charge in [-0.1, -0.05) is 72.8 Å². The Morgan fingerprint density at radius 1 is 1.03 bits per heavy atom. The van der Waals surface area contributed by atoms with Gasteiger partial charge >= 0.3 is 12.1 Å². The Hall–Kier alpha value is -3.61.